The number of ether oxygens (including phenoxy) is 2. The lowest BCUT2D eigenvalue weighted by atomic mass is 10.2. The molecule has 1 aliphatic heterocycles. The lowest BCUT2D eigenvalue weighted by molar-refractivity contribution is -0.384. The van der Waals surface area contributed by atoms with E-state index in [1.807, 2.05) is 0 Å². The van der Waals surface area contributed by atoms with Crippen molar-refractivity contribution >= 4 is 15.7 Å². The van der Waals surface area contributed by atoms with Crippen LogP contribution in [-0.4, -0.2) is 38.4 Å². The van der Waals surface area contributed by atoms with Gasteiger partial charge in [-0.25, -0.2) is 13.1 Å². The third kappa shape index (κ3) is 3.52. The smallest absolute Gasteiger partial charge is 0.269 e. The van der Waals surface area contributed by atoms with Gasteiger partial charge in [0.15, 0.2) is 5.79 Å². The van der Waals surface area contributed by atoms with E-state index in [2.05, 4.69) is 4.72 Å². The molecule has 1 N–H and O–H groups in total. The third-order valence-corrected chi connectivity index (χ3v) is 5.58. The normalized spacial score (nSPS) is 23.4. The summed E-state index contributed by atoms with van der Waals surface area (Å²) in [6.07, 6.45) is 3.49. The summed E-state index contributed by atoms with van der Waals surface area (Å²) in [6.45, 7) is 0.476. The number of hydrogen-bond donors (Lipinski definition) is 1. The second-order valence-electron chi connectivity index (χ2n) is 5.77. The van der Waals surface area contributed by atoms with Crippen LogP contribution in [0.3, 0.4) is 0 Å². The third-order valence-electron chi connectivity index (χ3n) is 4.14. The van der Waals surface area contributed by atoms with Crippen molar-refractivity contribution < 1.29 is 22.8 Å². The number of nitrogens with zero attached hydrogens (tertiary/aromatic N) is 1. The van der Waals surface area contributed by atoms with Crippen LogP contribution in [-0.2, 0) is 19.5 Å². The fourth-order valence-corrected chi connectivity index (χ4v) is 3.99. The Morgan fingerprint density at radius 3 is 2.52 bits per heavy atom. The first-order valence-electron chi connectivity index (χ1n) is 7.46. The number of sulfonamides is 1. The first-order chi connectivity index (χ1) is 10.9. The molecular formula is C14H18N2O6S. The van der Waals surface area contributed by atoms with E-state index in [9.17, 15) is 18.5 Å². The zero-order valence-electron chi connectivity index (χ0n) is 12.4. The average molecular weight is 342 g/mol. The van der Waals surface area contributed by atoms with E-state index in [-0.39, 0.29) is 23.2 Å². The Labute approximate surface area is 134 Å². The van der Waals surface area contributed by atoms with E-state index in [1.54, 1.807) is 0 Å². The van der Waals surface area contributed by atoms with Crippen LogP contribution in [0.2, 0.25) is 0 Å². The van der Waals surface area contributed by atoms with Gasteiger partial charge in [0.2, 0.25) is 10.0 Å². The number of hydrogen-bond acceptors (Lipinski definition) is 6. The molecule has 0 radical (unpaired) electrons. The van der Waals surface area contributed by atoms with Gasteiger partial charge in [0, 0.05) is 31.5 Å². The number of nitro groups is 1. The van der Waals surface area contributed by atoms with Crippen LogP contribution >= 0.6 is 0 Å². The van der Waals surface area contributed by atoms with Crippen molar-refractivity contribution in [1.82, 2.24) is 4.72 Å². The molecular weight excluding hydrogens is 324 g/mol. The summed E-state index contributed by atoms with van der Waals surface area (Å²) >= 11 is 0. The summed E-state index contributed by atoms with van der Waals surface area (Å²) in [6, 6.07) is 4.75. The van der Waals surface area contributed by atoms with Crippen LogP contribution in [0.4, 0.5) is 5.69 Å². The van der Waals surface area contributed by atoms with Crippen LogP contribution in [0, 0.1) is 10.1 Å². The van der Waals surface area contributed by atoms with Crippen molar-refractivity contribution in [1.29, 1.82) is 0 Å². The van der Waals surface area contributed by atoms with Crippen LogP contribution in [0.5, 0.6) is 0 Å². The maximum Gasteiger partial charge on any atom is 0.269 e. The molecule has 0 bridgehead atoms. The highest BCUT2D eigenvalue weighted by Crippen LogP contribution is 2.39. The van der Waals surface area contributed by atoms with Crippen molar-refractivity contribution in [3.63, 3.8) is 0 Å². The predicted molar refractivity (Wildman–Crippen MR) is 80.3 cm³/mol. The maximum atomic E-state index is 12.2. The Morgan fingerprint density at radius 2 is 1.91 bits per heavy atom. The molecule has 1 spiro atoms. The summed E-state index contributed by atoms with van der Waals surface area (Å²) < 4.78 is 38.4. The van der Waals surface area contributed by atoms with Crippen LogP contribution in [0.25, 0.3) is 0 Å². The molecule has 1 atom stereocenters. The van der Waals surface area contributed by atoms with Crippen molar-refractivity contribution in [2.24, 2.45) is 0 Å². The van der Waals surface area contributed by atoms with Gasteiger partial charge in [0.1, 0.15) is 0 Å². The molecule has 23 heavy (non-hydrogen) atoms. The Bertz CT molecular complexity index is 682. The van der Waals surface area contributed by atoms with Gasteiger partial charge in [-0.1, -0.05) is 0 Å². The van der Waals surface area contributed by atoms with E-state index in [1.165, 1.54) is 12.1 Å². The highest BCUT2D eigenvalue weighted by atomic mass is 32.2. The summed E-state index contributed by atoms with van der Waals surface area (Å²) in [4.78, 5) is 10.0. The van der Waals surface area contributed by atoms with Crippen LogP contribution in [0.1, 0.15) is 25.7 Å². The number of nitro benzene ring substituents is 1. The maximum absolute atomic E-state index is 12.2. The van der Waals surface area contributed by atoms with E-state index in [0.717, 1.165) is 37.8 Å². The molecule has 1 saturated heterocycles. The standard InChI is InChI=1S/C14H18N2O6S/c17-16(18)11-3-5-13(6-4-11)23(19,20)15-9-12-10-21-14(22-12)7-1-2-8-14/h3-6,12,15H,1-2,7-10H2. The zero-order valence-corrected chi connectivity index (χ0v) is 13.3. The lowest BCUT2D eigenvalue weighted by Crippen LogP contribution is -2.35. The van der Waals surface area contributed by atoms with Gasteiger partial charge in [0.25, 0.3) is 5.69 Å². The zero-order chi connectivity index (χ0) is 16.5. The summed E-state index contributed by atoms with van der Waals surface area (Å²) in [5.74, 6) is -0.524. The van der Waals surface area contributed by atoms with Crippen molar-refractivity contribution in [3.05, 3.63) is 34.4 Å². The monoisotopic (exact) mass is 342 g/mol. The second kappa shape index (κ2) is 6.16. The Balaban J connectivity index is 1.59. The SMILES string of the molecule is O=[N+]([O-])c1ccc(S(=O)(=O)NCC2COC3(CCCC3)O2)cc1. The van der Waals surface area contributed by atoms with Crippen molar-refractivity contribution in [2.45, 2.75) is 42.5 Å². The molecule has 0 amide bonds. The molecule has 1 saturated carbocycles. The number of non-ortho nitro benzene ring substituents is 1. The summed E-state index contributed by atoms with van der Waals surface area (Å²) in [5, 5.41) is 10.6. The minimum absolute atomic E-state index is 0.0161. The molecule has 2 fully saturated rings. The Kier molecular flexibility index (Phi) is 4.37. The highest BCUT2D eigenvalue weighted by Gasteiger charge is 2.43. The van der Waals surface area contributed by atoms with E-state index in [0.29, 0.717) is 6.61 Å². The molecule has 1 aromatic carbocycles. The molecule has 0 aromatic heterocycles. The Morgan fingerprint density at radius 1 is 1.26 bits per heavy atom. The number of nitrogens with one attached hydrogen (secondary N) is 1. The van der Waals surface area contributed by atoms with Crippen LogP contribution in [0.15, 0.2) is 29.2 Å². The van der Waals surface area contributed by atoms with Gasteiger partial charge in [-0.05, 0) is 25.0 Å². The largest absolute Gasteiger partial charge is 0.347 e. The second-order valence-corrected chi connectivity index (χ2v) is 7.54. The van der Waals surface area contributed by atoms with Gasteiger partial charge in [-0.15, -0.1) is 0 Å². The minimum Gasteiger partial charge on any atom is -0.347 e. The fourth-order valence-electron chi connectivity index (χ4n) is 2.93. The Hall–Kier alpha value is -1.55. The molecule has 1 unspecified atom stereocenters. The van der Waals surface area contributed by atoms with Gasteiger partial charge in [0.05, 0.1) is 22.5 Å². The number of benzene rings is 1. The lowest BCUT2D eigenvalue weighted by Gasteiger charge is -2.21. The topological polar surface area (TPSA) is 108 Å². The molecule has 8 nitrogen and oxygen atoms in total. The average Bonchev–Trinajstić information content (AvgIpc) is 3.16. The number of rotatable bonds is 5. The molecule has 1 aliphatic carbocycles. The van der Waals surface area contributed by atoms with Gasteiger partial charge in [-0.3, -0.25) is 10.1 Å². The van der Waals surface area contributed by atoms with Gasteiger partial charge < -0.3 is 9.47 Å². The van der Waals surface area contributed by atoms with Crippen molar-refractivity contribution in [3.8, 4) is 0 Å². The molecule has 9 heteroatoms. The van der Waals surface area contributed by atoms with Gasteiger partial charge in [-0.2, -0.15) is 0 Å². The molecule has 1 heterocycles. The predicted octanol–water partition coefficient (Wildman–Crippen LogP) is 1.56. The fraction of sp³-hybridized carbons (Fsp3) is 0.571. The first kappa shape index (κ1) is 16.3. The van der Waals surface area contributed by atoms with Crippen LogP contribution < -0.4 is 4.72 Å². The summed E-state index contributed by atoms with van der Waals surface area (Å²) in [7, 11) is -3.73. The van der Waals surface area contributed by atoms with E-state index >= 15 is 0 Å². The minimum atomic E-state index is -3.73. The summed E-state index contributed by atoms with van der Waals surface area (Å²) in [5.41, 5.74) is -0.153. The van der Waals surface area contributed by atoms with E-state index in [4.69, 9.17) is 9.47 Å². The first-order valence-corrected chi connectivity index (χ1v) is 8.94. The molecule has 126 valence electrons. The molecule has 1 aromatic rings. The molecule has 3 rings (SSSR count). The highest BCUT2D eigenvalue weighted by molar-refractivity contribution is 7.89. The van der Waals surface area contributed by atoms with Gasteiger partial charge >= 0.3 is 0 Å². The quantitative estimate of drug-likeness (QED) is 0.642. The van der Waals surface area contributed by atoms with Crippen molar-refractivity contribution in [2.75, 3.05) is 13.2 Å². The molecule has 2 aliphatic rings. The van der Waals surface area contributed by atoms with E-state index < -0.39 is 20.7 Å².